The van der Waals surface area contributed by atoms with E-state index in [0.717, 1.165) is 21.7 Å². The summed E-state index contributed by atoms with van der Waals surface area (Å²) in [5.41, 5.74) is -0.826. The summed E-state index contributed by atoms with van der Waals surface area (Å²) in [6, 6.07) is 2.39. The molecule has 2 unspecified atom stereocenters. The smallest absolute Gasteiger partial charge is 0.335 e. The fourth-order valence-corrected chi connectivity index (χ4v) is 2.04. The number of carboxylic acid groups (broad SMARTS) is 1. The summed E-state index contributed by atoms with van der Waals surface area (Å²) in [6.07, 6.45) is -4.05. The highest BCUT2D eigenvalue weighted by Crippen LogP contribution is 2.39. The SMILES string of the molecule is FP.O=C(O)C1=Cc2c(F)ccc(Br)c2OC1C(F)F. The van der Waals surface area contributed by atoms with Crippen molar-refractivity contribution < 1.29 is 32.0 Å². The second-order valence-electron chi connectivity index (χ2n) is 3.55. The molecule has 0 aliphatic carbocycles. The minimum Gasteiger partial charge on any atom is -0.478 e. The van der Waals surface area contributed by atoms with Crippen LogP contribution in [0.2, 0.25) is 0 Å². The Morgan fingerprint density at radius 3 is 2.50 bits per heavy atom. The Hall–Kier alpha value is -1.14. The van der Waals surface area contributed by atoms with E-state index >= 15 is 0 Å². The summed E-state index contributed by atoms with van der Waals surface area (Å²) < 4.78 is 53.5. The molecule has 0 aromatic heterocycles. The molecule has 2 rings (SSSR count). The Morgan fingerprint density at radius 2 is 2.00 bits per heavy atom. The van der Waals surface area contributed by atoms with Gasteiger partial charge in [0.05, 0.1) is 25.2 Å². The third-order valence-electron chi connectivity index (χ3n) is 2.42. The third kappa shape index (κ3) is 3.30. The highest BCUT2D eigenvalue weighted by atomic mass is 79.9. The van der Waals surface area contributed by atoms with E-state index in [9.17, 15) is 22.2 Å². The van der Waals surface area contributed by atoms with Gasteiger partial charge in [-0.25, -0.2) is 22.2 Å². The Bertz CT molecular complexity index is 551. The number of carboxylic acids is 1. The molecule has 20 heavy (non-hydrogen) atoms. The molecule has 0 spiro atoms. The minimum absolute atomic E-state index is 0.120. The lowest BCUT2D eigenvalue weighted by Crippen LogP contribution is -2.34. The van der Waals surface area contributed by atoms with Gasteiger partial charge in [-0.3, -0.25) is 0 Å². The van der Waals surface area contributed by atoms with Crippen LogP contribution in [-0.4, -0.2) is 23.6 Å². The molecule has 1 aromatic carbocycles. The van der Waals surface area contributed by atoms with Crippen LogP contribution in [0.4, 0.5) is 17.4 Å². The number of hydrogen-bond acceptors (Lipinski definition) is 2. The molecule has 0 saturated heterocycles. The second-order valence-corrected chi connectivity index (χ2v) is 4.40. The van der Waals surface area contributed by atoms with Crippen LogP contribution in [0.1, 0.15) is 5.56 Å². The number of aliphatic carboxylic acids is 1. The van der Waals surface area contributed by atoms with Gasteiger partial charge < -0.3 is 9.84 Å². The summed E-state index contributed by atoms with van der Waals surface area (Å²) in [4.78, 5) is 10.9. The van der Waals surface area contributed by atoms with Crippen LogP contribution < -0.4 is 4.74 Å². The van der Waals surface area contributed by atoms with Crippen LogP contribution in [-0.2, 0) is 4.79 Å². The van der Waals surface area contributed by atoms with Crippen molar-refractivity contribution in [1.82, 2.24) is 0 Å². The van der Waals surface area contributed by atoms with E-state index < -0.39 is 29.9 Å². The molecule has 110 valence electrons. The van der Waals surface area contributed by atoms with Gasteiger partial charge in [-0.2, -0.15) is 0 Å². The zero-order valence-electron chi connectivity index (χ0n) is 9.62. The summed E-state index contributed by atoms with van der Waals surface area (Å²) in [7, 11) is 0.917. The monoisotopic (exact) mass is 374 g/mol. The molecule has 0 amide bonds. The first-order valence-corrected chi connectivity index (χ1v) is 6.24. The number of halogens is 5. The molecule has 3 nitrogen and oxygen atoms in total. The average molecular weight is 375 g/mol. The quantitative estimate of drug-likeness (QED) is 0.632. The third-order valence-corrected chi connectivity index (χ3v) is 3.05. The zero-order chi connectivity index (χ0) is 15.4. The highest BCUT2D eigenvalue weighted by molar-refractivity contribution is 9.10. The number of hydrogen-bond donors (Lipinski definition) is 1. The van der Waals surface area contributed by atoms with Gasteiger partial charge in [0, 0.05) is 0 Å². The fourth-order valence-electron chi connectivity index (χ4n) is 1.60. The summed E-state index contributed by atoms with van der Waals surface area (Å²) in [6.45, 7) is 0. The van der Waals surface area contributed by atoms with E-state index in [0.29, 0.717) is 0 Å². The Labute approximate surface area is 122 Å². The lowest BCUT2D eigenvalue weighted by atomic mass is 10.0. The molecule has 9 heteroatoms. The number of ether oxygens (including phenoxy) is 1. The van der Waals surface area contributed by atoms with Crippen LogP contribution >= 0.6 is 25.5 Å². The van der Waals surface area contributed by atoms with Crippen LogP contribution in [0.3, 0.4) is 0 Å². The van der Waals surface area contributed by atoms with Crippen LogP contribution in [0.5, 0.6) is 5.75 Å². The molecule has 1 aromatic rings. The second kappa shape index (κ2) is 7.04. The molecular formula is C11H8BrF4O3P. The van der Waals surface area contributed by atoms with Crippen LogP contribution in [0.25, 0.3) is 6.08 Å². The van der Waals surface area contributed by atoms with Crippen molar-refractivity contribution in [2.24, 2.45) is 0 Å². The summed E-state index contributed by atoms with van der Waals surface area (Å²) in [5, 5.41) is 8.83. The summed E-state index contributed by atoms with van der Waals surface area (Å²) >= 11 is 3.04. The van der Waals surface area contributed by atoms with E-state index in [2.05, 4.69) is 15.9 Å². The Kier molecular flexibility index (Phi) is 5.95. The van der Waals surface area contributed by atoms with Crippen molar-refractivity contribution in [3.63, 3.8) is 0 Å². The van der Waals surface area contributed by atoms with E-state index in [1.54, 1.807) is 0 Å². The van der Waals surface area contributed by atoms with Crippen molar-refractivity contribution in [3.8, 4) is 5.75 Å². The highest BCUT2D eigenvalue weighted by Gasteiger charge is 2.36. The van der Waals surface area contributed by atoms with Gasteiger partial charge in [-0.15, -0.1) is 0 Å². The summed E-state index contributed by atoms with van der Waals surface area (Å²) in [5.74, 6) is -2.42. The predicted octanol–water partition coefficient (Wildman–Crippen LogP) is 3.83. The van der Waals surface area contributed by atoms with Gasteiger partial charge in [-0.05, 0) is 34.1 Å². The zero-order valence-corrected chi connectivity index (χ0v) is 12.4. The first kappa shape index (κ1) is 16.9. The van der Waals surface area contributed by atoms with Crippen LogP contribution in [0.15, 0.2) is 22.2 Å². The van der Waals surface area contributed by atoms with Crippen molar-refractivity contribution in [1.29, 1.82) is 0 Å². The Morgan fingerprint density at radius 1 is 1.40 bits per heavy atom. The van der Waals surface area contributed by atoms with Crippen molar-refractivity contribution in [2.45, 2.75) is 12.5 Å². The lowest BCUT2D eigenvalue weighted by Gasteiger charge is -2.25. The first-order valence-electron chi connectivity index (χ1n) is 5.01. The van der Waals surface area contributed by atoms with Crippen molar-refractivity contribution >= 4 is 37.5 Å². The standard InChI is InChI=1S/C11H6BrF3O3.FH2P/c12-6-1-2-7(13)4-3-5(11(16)17)9(10(14)15)18-8(4)6;1-2/h1-3,9-10H,(H,16,17);2H2. The lowest BCUT2D eigenvalue weighted by molar-refractivity contribution is -0.134. The molecule has 0 radical (unpaired) electrons. The molecule has 0 saturated carbocycles. The first-order chi connectivity index (χ1) is 9.41. The van der Waals surface area contributed by atoms with Crippen molar-refractivity contribution in [3.05, 3.63) is 33.6 Å². The molecule has 1 aliphatic rings. The maximum atomic E-state index is 13.5. The number of fused-ring (bicyclic) bond motifs is 1. The van der Waals surface area contributed by atoms with Crippen molar-refractivity contribution in [2.75, 3.05) is 0 Å². The van der Waals surface area contributed by atoms with Crippen LogP contribution in [0, 0.1) is 5.82 Å². The maximum Gasteiger partial charge on any atom is 0.335 e. The van der Waals surface area contributed by atoms with Gasteiger partial charge in [0.1, 0.15) is 11.6 Å². The normalized spacial score (nSPS) is 16.6. The molecule has 1 heterocycles. The average Bonchev–Trinajstić information content (AvgIpc) is 2.43. The van der Waals surface area contributed by atoms with E-state index in [4.69, 9.17) is 9.84 Å². The number of alkyl halides is 2. The van der Waals surface area contributed by atoms with Gasteiger partial charge >= 0.3 is 5.97 Å². The molecule has 1 aliphatic heterocycles. The maximum absolute atomic E-state index is 13.5. The largest absolute Gasteiger partial charge is 0.478 e. The van der Waals surface area contributed by atoms with Gasteiger partial charge in [0.15, 0.2) is 6.10 Å². The molecule has 0 bridgehead atoms. The number of rotatable bonds is 2. The fraction of sp³-hybridized carbons (Fsp3) is 0.182. The number of carbonyl (C=O) groups is 1. The predicted molar refractivity (Wildman–Crippen MR) is 71.0 cm³/mol. The minimum atomic E-state index is -3.02. The van der Waals surface area contributed by atoms with Gasteiger partial charge in [0.25, 0.3) is 6.43 Å². The Balaban J connectivity index is 0.000000956. The molecule has 0 fully saturated rings. The molecule has 1 N–H and O–H groups in total. The topological polar surface area (TPSA) is 46.5 Å². The van der Waals surface area contributed by atoms with E-state index in [1.165, 1.54) is 6.07 Å². The van der Waals surface area contributed by atoms with Gasteiger partial charge in [0.2, 0.25) is 0 Å². The molecule has 2 atom stereocenters. The van der Waals surface area contributed by atoms with Gasteiger partial charge in [-0.1, -0.05) is 0 Å². The van der Waals surface area contributed by atoms with E-state index in [-0.39, 0.29) is 15.8 Å². The molecular weight excluding hydrogens is 367 g/mol. The number of benzene rings is 1. The van der Waals surface area contributed by atoms with E-state index in [1.807, 2.05) is 0 Å².